The lowest BCUT2D eigenvalue weighted by molar-refractivity contribution is 0.436. The highest BCUT2D eigenvalue weighted by atomic mass is 32.2. The Morgan fingerprint density at radius 3 is 1.67 bits per heavy atom. The van der Waals surface area contributed by atoms with Crippen molar-refractivity contribution in [1.82, 2.24) is 0 Å². The van der Waals surface area contributed by atoms with E-state index in [1.807, 2.05) is 0 Å². The van der Waals surface area contributed by atoms with Crippen LogP contribution >= 0.6 is 0 Å². The monoisotopic (exact) mass is 153 g/mol. The fraction of sp³-hybridized carbons (Fsp3) is 1.00. The molecule has 0 spiro atoms. The molecule has 0 amide bonds. The summed E-state index contributed by atoms with van der Waals surface area (Å²) in [7, 11) is 0. The topological polar surface area (TPSA) is 60.4 Å². The molecule has 0 fully saturated rings. The highest BCUT2D eigenvalue weighted by Gasteiger charge is 1.68. The Labute approximate surface area is 58.6 Å². The summed E-state index contributed by atoms with van der Waals surface area (Å²) in [5.41, 5.74) is 0. The van der Waals surface area contributed by atoms with Crippen LogP contribution in [0.2, 0.25) is 0 Å². The normalized spacial score (nSPS) is 11.6. The van der Waals surface area contributed by atoms with Crippen molar-refractivity contribution in [3.63, 3.8) is 0 Å². The van der Waals surface area contributed by atoms with E-state index in [4.69, 9.17) is 13.3 Å². The van der Waals surface area contributed by atoms with Crippen molar-refractivity contribution in [3.05, 3.63) is 0 Å². The zero-order chi connectivity index (χ0) is 7.70. The first kappa shape index (κ1) is 11.8. The molecule has 0 rings (SSSR count). The van der Waals surface area contributed by atoms with Crippen LogP contribution in [0.3, 0.4) is 0 Å². The van der Waals surface area contributed by atoms with Gasteiger partial charge in [0.2, 0.25) is 0 Å². The van der Waals surface area contributed by atoms with Gasteiger partial charge in [0.05, 0.1) is 11.4 Å². The summed E-state index contributed by atoms with van der Waals surface area (Å²) in [4.78, 5) is 0. The second-order valence-electron chi connectivity index (χ2n) is 1.57. The van der Waals surface area contributed by atoms with Gasteiger partial charge in [-0.25, -0.2) is 4.21 Å². The van der Waals surface area contributed by atoms with Gasteiger partial charge in [0.25, 0.3) is 0 Å². The van der Waals surface area contributed by atoms with E-state index in [2.05, 4.69) is 13.8 Å². The molecular formula is C5H13O3S-. The summed E-state index contributed by atoms with van der Waals surface area (Å²) in [6, 6.07) is 0. The standard InChI is InChI=1S/C5H12.H2O3S/c1-3-5-4-2;1-4(2)3/h3-5H2,1-2H3;(H2,1,2,3)/p-1. The van der Waals surface area contributed by atoms with Crippen LogP contribution in [0.1, 0.15) is 33.1 Å². The van der Waals surface area contributed by atoms with Crippen LogP contribution < -0.4 is 0 Å². The van der Waals surface area contributed by atoms with E-state index < -0.39 is 11.4 Å². The van der Waals surface area contributed by atoms with Crippen LogP contribution in [-0.2, 0) is 11.4 Å². The summed E-state index contributed by atoms with van der Waals surface area (Å²) in [6.07, 6.45) is 4.08. The lowest BCUT2D eigenvalue weighted by Crippen LogP contribution is -1.75. The van der Waals surface area contributed by atoms with Gasteiger partial charge in [-0.2, -0.15) is 0 Å². The van der Waals surface area contributed by atoms with E-state index in [0.717, 1.165) is 0 Å². The van der Waals surface area contributed by atoms with Gasteiger partial charge < -0.3 is 9.11 Å². The van der Waals surface area contributed by atoms with Crippen molar-refractivity contribution < 1.29 is 13.3 Å². The highest BCUT2D eigenvalue weighted by Crippen LogP contribution is 1.88. The molecule has 9 heavy (non-hydrogen) atoms. The molecule has 4 heteroatoms. The fourth-order valence-corrected chi connectivity index (χ4v) is 0.354. The molecular weight excluding hydrogens is 140 g/mol. The number of rotatable bonds is 2. The van der Waals surface area contributed by atoms with Crippen LogP contribution in [0, 0.1) is 0 Å². The van der Waals surface area contributed by atoms with Gasteiger partial charge >= 0.3 is 0 Å². The molecule has 0 heterocycles. The zero-order valence-electron chi connectivity index (χ0n) is 5.79. The molecule has 1 atom stereocenters. The molecule has 1 N–H and O–H groups in total. The third-order valence-electron chi connectivity index (χ3n) is 0.707. The molecule has 0 aromatic carbocycles. The van der Waals surface area contributed by atoms with Crippen LogP contribution in [0.4, 0.5) is 0 Å². The van der Waals surface area contributed by atoms with E-state index in [-0.39, 0.29) is 0 Å². The van der Waals surface area contributed by atoms with Crippen LogP contribution in [-0.4, -0.2) is 13.3 Å². The molecule has 0 aromatic rings. The van der Waals surface area contributed by atoms with E-state index in [0.29, 0.717) is 0 Å². The minimum Gasteiger partial charge on any atom is -0.750 e. The van der Waals surface area contributed by atoms with Crippen LogP contribution in [0.15, 0.2) is 0 Å². The van der Waals surface area contributed by atoms with Gasteiger partial charge in [0.15, 0.2) is 0 Å². The van der Waals surface area contributed by atoms with Gasteiger partial charge in [-0.1, -0.05) is 33.1 Å². The number of hydrogen-bond acceptors (Lipinski definition) is 2. The second kappa shape index (κ2) is 10.9. The average molecular weight is 153 g/mol. The lowest BCUT2D eigenvalue weighted by Gasteiger charge is -1.83. The average Bonchev–Trinajstić information content (AvgIpc) is 1.66. The van der Waals surface area contributed by atoms with Gasteiger partial charge in [0, 0.05) is 0 Å². The third-order valence-corrected chi connectivity index (χ3v) is 0.707. The maximum Gasteiger partial charge on any atom is 0.0814 e. The first-order valence-electron chi connectivity index (χ1n) is 2.93. The SMILES string of the molecule is CCCCC.O=S([O-])O. The van der Waals surface area contributed by atoms with Gasteiger partial charge in [-0.3, -0.25) is 0 Å². The molecule has 0 bridgehead atoms. The quantitative estimate of drug-likeness (QED) is 0.612. The summed E-state index contributed by atoms with van der Waals surface area (Å²) in [6.45, 7) is 4.42. The molecule has 0 saturated carbocycles. The van der Waals surface area contributed by atoms with Gasteiger partial charge in [0.1, 0.15) is 0 Å². The molecule has 0 saturated heterocycles. The maximum atomic E-state index is 8.56. The Morgan fingerprint density at radius 1 is 1.44 bits per heavy atom. The smallest absolute Gasteiger partial charge is 0.0814 e. The molecule has 58 valence electrons. The Bertz CT molecular complexity index is 59.2. The molecule has 0 radical (unpaired) electrons. The van der Waals surface area contributed by atoms with E-state index >= 15 is 0 Å². The second-order valence-corrected chi connectivity index (χ2v) is 2.00. The number of unbranched alkanes of at least 4 members (excludes halogenated alkanes) is 2. The van der Waals surface area contributed by atoms with Crippen molar-refractivity contribution in [1.29, 1.82) is 0 Å². The van der Waals surface area contributed by atoms with E-state index in [1.54, 1.807) is 0 Å². The molecule has 1 unspecified atom stereocenters. The summed E-state index contributed by atoms with van der Waals surface area (Å²) < 4.78 is 24.1. The van der Waals surface area contributed by atoms with Gasteiger partial charge in [-0.05, 0) is 0 Å². The van der Waals surface area contributed by atoms with E-state index in [9.17, 15) is 0 Å². The largest absolute Gasteiger partial charge is 0.750 e. The molecule has 0 aromatic heterocycles. The highest BCUT2D eigenvalue weighted by molar-refractivity contribution is 7.73. The Balaban J connectivity index is 0. The molecule has 0 aliphatic heterocycles. The Hall–Kier alpha value is 0.0700. The predicted octanol–water partition coefficient (Wildman–Crippen LogP) is 1.54. The lowest BCUT2D eigenvalue weighted by atomic mass is 10.3. The fourth-order valence-electron chi connectivity index (χ4n) is 0.354. The Kier molecular flexibility index (Phi) is 14.4. The first-order chi connectivity index (χ1) is 4.15. The van der Waals surface area contributed by atoms with E-state index in [1.165, 1.54) is 19.3 Å². The molecule has 0 aliphatic rings. The third kappa shape index (κ3) is 69.4. The van der Waals surface area contributed by atoms with Crippen LogP contribution in [0.5, 0.6) is 0 Å². The van der Waals surface area contributed by atoms with Crippen molar-refractivity contribution >= 4 is 11.4 Å². The maximum absolute atomic E-state index is 8.56. The zero-order valence-corrected chi connectivity index (χ0v) is 6.61. The predicted molar refractivity (Wildman–Crippen MR) is 36.7 cm³/mol. The van der Waals surface area contributed by atoms with Crippen molar-refractivity contribution in [3.8, 4) is 0 Å². The van der Waals surface area contributed by atoms with Crippen molar-refractivity contribution in [2.45, 2.75) is 33.1 Å². The first-order valence-corrected chi connectivity index (χ1v) is 3.96. The summed E-state index contributed by atoms with van der Waals surface area (Å²) in [5.74, 6) is 0. The van der Waals surface area contributed by atoms with Crippen molar-refractivity contribution in [2.75, 3.05) is 0 Å². The Morgan fingerprint density at radius 2 is 1.67 bits per heavy atom. The van der Waals surface area contributed by atoms with Crippen LogP contribution in [0.25, 0.3) is 0 Å². The summed E-state index contributed by atoms with van der Waals surface area (Å²) >= 11 is -2.86. The minimum absolute atomic E-state index is 1.34. The minimum atomic E-state index is -2.86. The summed E-state index contributed by atoms with van der Waals surface area (Å²) in [5, 5.41) is 0. The number of hydrogen-bond donors (Lipinski definition) is 1. The molecule has 3 nitrogen and oxygen atoms in total. The molecule has 0 aliphatic carbocycles. The van der Waals surface area contributed by atoms with Crippen molar-refractivity contribution in [2.24, 2.45) is 0 Å². The van der Waals surface area contributed by atoms with Gasteiger partial charge in [-0.15, -0.1) is 0 Å².